The van der Waals surface area contributed by atoms with Crippen LogP contribution in [0.4, 0.5) is 5.69 Å². The molecule has 3 aliphatic rings. The molecule has 5 aromatic rings. The van der Waals surface area contributed by atoms with E-state index < -0.39 is 42.6 Å². The van der Waals surface area contributed by atoms with Crippen molar-refractivity contribution < 1.29 is 33.6 Å². The number of thiazole rings is 1. The second-order valence-corrected chi connectivity index (χ2v) is 25.9. The van der Waals surface area contributed by atoms with Crippen LogP contribution in [0.3, 0.4) is 0 Å². The molecule has 75 heavy (non-hydrogen) atoms. The zero-order valence-corrected chi connectivity index (χ0v) is 46.6. The lowest BCUT2D eigenvalue weighted by molar-refractivity contribution is -0.144. The molecule has 4 amide bonds. The van der Waals surface area contributed by atoms with Crippen LogP contribution in [-0.4, -0.2) is 149 Å². The van der Waals surface area contributed by atoms with Gasteiger partial charge in [-0.05, 0) is 61.3 Å². The van der Waals surface area contributed by atoms with Crippen molar-refractivity contribution in [2.45, 2.75) is 103 Å². The van der Waals surface area contributed by atoms with Crippen LogP contribution in [0.2, 0.25) is 5.02 Å². The molecule has 0 bridgehead atoms. The number of methoxy groups -OCH3 is 1. The number of aliphatic hydroxyl groups excluding tert-OH is 1. The molecule has 0 aliphatic carbocycles. The topological polar surface area (TPSA) is 190 Å². The standard InChI is InChI=1S/C56H71ClN9O7PS/c1-36-52(75-35-60-36)38-14-12-37(13-15-38)32-59-54(70)46-31-43(67)34-66(46)55(71)53(56(2,3)4)62-50(68)18-19-51(69)65-26-24-64(25-27-65)41-20-22-63(23-21-41)42-17-16-39(47(30-42)73-5)29-49-58-33-44(57)45(61-49)28-40-10-8-9-11-48(40)74(6,7)72/h8-17,30,33,35,41,43,46,53,67H,18-29,31-32,34H2,1-7H3,(H,59,70)(H,62,68)/t43-,46+,53-/m1/s1. The van der Waals surface area contributed by atoms with Gasteiger partial charge in [0.15, 0.2) is 0 Å². The number of rotatable bonds is 17. The van der Waals surface area contributed by atoms with E-state index in [1.165, 1.54) is 4.90 Å². The van der Waals surface area contributed by atoms with Crippen LogP contribution in [0.15, 0.2) is 78.4 Å². The van der Waals surface area contributed by atoms with Gasteiger partial charge in [-0.25, -0.2) is 15.0 Å². The third kappa shape index (κ3) is 13.8. The highest BCUT2D eigenvalue weighted by molar-refractivity contribution is 7.70. The van der Waals surface area contributed by atoms with E-state index in [0.717, 1.165) is 88.6 Å². The van der Waals surface area contributed by atoms with Crippen LogP contribution < -0.4 is 25.6 Å². The predicted molar refractivity (Wildman–Crippen MR) is 295 cm³/mol. The van der Waals surface area contributed by atoms with Crippen LogP contribution in [0.1, 0.15) is 86.8 Å². The highest BCUT2D eigenvalue weighted by Gasteiger charge is 2.44. The number of nitrogens with zero attached hydrogens (tertiary/aromatic N) is 7. The number of aromatic nitrogens is 3. The van der Waals surface area contributed by atoms with Crippen LogP contribution in [0, 0.1) is 12.3 Å². The Morgan fingerprint density at radius 1 is 0.920 bits per heavy atom. The molecule has 400 valence electrons. The zero-order valence-electron chi connectivity index (χ0n) is 44.2. The average molecular weight is 1080 g/mol. The summed E-state index contributed by atoms with van der Waals surface area (Å²) in [5.41, 5.74) is 7.67. The number of hydrogen-bond donors (Lipinski definition) is 3. The number of carbonyl (C=O) groups excluding carboxylic acids is 4. The minimum atomic E-state index is -2.50. The Morgan fingerprint density at radius 2 is 1.64 bits per heavy atom. The molecule has 8 rings (SSSR count). The second-order valence-electron chi connectivity index (χ2n) is 21.5. The Morgan fingerprint density at radius 3 is 2.31 bits per heavy atom. The Bertz CT molecular complexity index is 2890. The van der Waals surface area contributed by atoms with E-state index in [1.807, 2.05) is 86.6 Å². The van der Waals surface area contributed by atoms with Gasteiger partial charge in [0.1, 0.15) is 30.8 Å². The van der Waals surface area contributed by atoms with Crippen molar-refractivity contribution in [2.75, 3.05) is 71.2 Å². The van der Waals surface area contributed by atoms with Crippen LogP contribution in [0.5, 0.6) is 5.75 Å². The van der Waals surface area contributed by atoms with Gasteiger partial charge < -0.3 is 39.7 Å². The molecule has 0 spiro atoms. The fourth-order valence-corrected chi connectivity index (χ4v) is 12.7. The number of likely N-dealkylation sites (tertiary alicyclic amines) is 1. The Labute approximate surface area is 450 Å². The fourth-order valence-electron chi connectivity index (χ4n) is 10.5. The molecule has 3 fully saturated rings. The normalized spacial score (nSPS) is 18.2. The van der Waals surface area contributed by atoms with Gasteiger partial charge in [0, 0.05) is 119 Å². The van der Waals surface area contributed by atoms with Gasteiger partial charge in [0.25, 0.3) is 0 Å². The number of ether oxygens (including phenoxy) is 1. The van der Waals surface area contributed by atoms with E-state index >= 15 is 0 Å². The molecule has 5 heterocycles. The third-order valence-electron chi connectivity index (χ3n) is 14.7. The summed E-state index contributed by atoms with van der Waals surface area (Å²) < 4.78 is 18.9. The molecule has 3 saturated heterocycles. The van der Waals surface area contributed by atoms with Crippen molar-refractivity contribution in [2.24, 2.45) is 5.41 Å². The van der Waals surface area contributed by atoms with E-state index in [4.69, 9.17) is 21.3 Å². The lowest BCUT2D eigenvalue weighted by atomic mass is 9.85. The molecule has 3 N–H and O–H groups in total. The molecule has 0 unspecified atom stereocenters. The summed E-state index contributed by atoms with van der Waals surface area (Å²) in [5.74, 6) is 0.0440. The van der Waals surface area contributed by atoms with E-state index in [2.05, 4.69) is 48.6 Å². The van der Waals surface area contributed by atoms with E-state index in [-0.39, 0.29) is 44.2 Å². The number of anilines is 1. The van der Waals surface area contributed by atoms with Crippen molar-refractivity contribution in [3.8, 4) is 16.2 Å². The lowest BCUT2D eigenvalue weighted by Crippen LogP contribution is -2.57. The minimum Gasteiger partial charge on any atom is -0.496 e. The van der Waals surface area contributed by atoms with Crippen molar-refractivity contribution in [3.63, 3.8) is 0 Å². The first-order valence-corrected chi connectivity index (χ1v) is 29.7. The van der Waals surface area contributed by atoms with Crippen molar-refractivity contribution in [3.05, 3.63) is 117 Å². The van der Waals surface area contributed by atoms with Gasteiger partial charge >= 0.3 is 0 Å². The van der Waals surface area contributed by atoms with Crippen molar-refractivity contribution >= 4 is 64.7 Å². The monoisotopic (exact) mass is 1080 g/mol. The lowest BCUT2D eigenvalue weighted by Gasteiger charge is -2.43. The second kappa shape index (κ2) is 24.1. The van der Waals surface area contributed by atoms with Gasteiger partial charge in [0.2, 0.25) is 23.6 Å². The molecular formula is C56H71ClN9O7PS. The largest absolute Gasteiger partial charge is 0.496 e. The Hall–Kier alpha value is -5.71. The maximum Gasteiger partial charge on any atom is 0.246 e. The quantitative estimate of drug-likeness (QED) is 0.0837. The number of aryl methyl sites for hydroxylation is 1. The van der Waals surface area contributed by atoms with Gasteiger partial charge in [-0.2, -0.15) is 0 Å². The molecule has 3 aromatic carbocycles. The van der Waals surface area contributed by atoms with Gasteiger partial charge in [0.05, 0.1) is 40.0 Å². The smallest absolute Gasteiger partial charge is 0.246 e. The molecule has 2 aromatic heterocycles. The number of amides is 4. The predicted octanol–water partition coefficient (Wildman–Crippen LogP) is 6.70. The van der Waals surface area contributed by atoms with E-state index in [0.29, 0.717) is 48.5 Å². The average Bonchev–Trinajstić information content (AvgIpc) is 4.02. The van der Waals surface area contributed by atoms with Crippen molar-refractivity contribution in [1.29, 1.82) is 0 Å². The number of piperidine rings is 1. The van der Waals surface area contributed by atoms with Gasteiger partial charge in [-0.15, -0.1) is 11.3 Å². The summed E-state index contributed by atoms with van der Waals surface area (Å²) >= 11 is 8.16. The van der Waals surface area contributed by atoms with Crippen LogP contribution in [0.25, 0.3) is 10.4 Å². The maximum atomic E-state index is 14.2. The number of nitrogens with one attached hydrogen (secondary N) is 2. The number of aliphatic hydroxyl groups is 1. The summed E-state index contributed by atoms with van der Waals surface area (Å²) in [5, 5.41) is 17.8. The third-order valence-corrected chi connectivity index (χ3v) is 17.6. The Balaban J connectivity index is 0.776. The van der Waals surface area contributed by atoms with E-state index in [9.17, 15) is 28.8 Å². The SMILES string of the molecule is COc1cc(N2CCC(N3CCN(C(=O)CCC(=O)N[C@H](C(=O)N4C[C@H](O)C[C@H]4C(=O)NCc4ccc(-c5scnc5C)cc4)C(C)(C)C)CC3)CC2)ccc1Cc1ncc(Cl)c(Cc2ccccc2P(C)(C)=O)n1. The number of hydrogen-bond acceptors (Lipinski definition) is 13. The molecule has 19 heteroatoms. The number of β-amino-alcohol motifs (C(OH)–C–C–N with tert-alkyl or cyclic N) is 1. The first-order chi connectivity index (χ1) is 35.7. The molecule has 0 saturated carbocycles. The zero-order chi connectivity index (χ0) is 53.6. The molecule has 16 nitrogen and oxygen atoms in total. The summed E-state index contributed by atoms with van der Waals surface area (Å²) in [6.45, 7) is 15.7. The summed E-state index contributed by atoms with van der Waals surface area (Å²) in [7, 11) is -0.825. The number of carbonyl (C=O) groups is 4. The van der Waals surface area contributed by atoms with Crippen LogP contribution in [-0.2, 0) is 43.1 Å². The first-order valence-electron chi connectivity index (χ1n) is 25.9. The Kier molecular flexibility index (Phi) is 17.8. The number of halogens is 1. The van der Waals surface area contributed by atoms with Crippen LogP contribution >= 0.6 is 30.1 Å². The summed E-state index contributed by atoms with van der Waals surface area (Å²) in [6.07, 6.45) is 3.65. The fraction of sp³-hybridized carbons (Fsp3) is 0.482. The number of benzene rings is 3. The maximum absolute atomic E-state index is 14.2. The molecule has 3 atom stereocenters. The van der Waals surface area contributed by atoms with Gasteiger partial charge in [-0.1, -0.05) is 87.0 Å². The molecule has 3 aliphatic heterocycles. The molecule has 0 radical (unpaired) electrons. The summed E-state index contributed by atoms with van der Waals surface area (Å²) in [6, 6.07) is 20.4. The molecular weight excluding hydrogens is 1010 g/mol. The first kappa shape index (κ1) is 55.5. The number of piperazine rings is 1. The van der Waals surface area contributed by atoms with Gasteiger partial charge in [-0.3, -0.25) is 24.1 Å². The summed E-state index contributed by atoms with van der Waals surface area (Å²) in [4.78, 5) is 77.5. The minimum absolute atomic E-state index is 0.0155. The van der Waals surface area contributed by atoms with Crippen molar-refractivity contribution in [1.82, 2.24) is 40.3 Å². The highest BCUT2D eigenvalue weighted by Crippen LogP contribution is 2.37. The van der Waals surface area contributed by atoms with E-state index in [1.54, 1.807) is 38.0 Å². The highest BCUT2D eigenvalue weighted by atomic mass is 35.5.